The van der Waals surface area contributed by atoms with Crippen LogP contribution in [0.3, 0.4) is 0 Å². The number of anilines is 1. The van der Waals surface area contributed by atoms with Crippen molar-refractivity contribution < 1.29 is 19.4 Å². The van der Waals surface area contributed by atoms with Crippen LogP contribution >= 0.6 is 0 Å². The number of β-amino-alcohol motifs (C(OH)–C–C–N with tert-alkyl or cyclic N) is 1. The fourth-order valence-corrected chi connectivity index (χ4v) is 3.71. The van der Waals surface area contributed by atoms with Crippen LogP contribution < -0.4 is 5.32 Å². The van der Waals surface area contributed by atoms with E-state index in [1.807, 2.05) is 36.4 Å². The van der Waals surface area contributed by atoms with Gasteiger partial charge in [-0.25, -0.2) is 4.79 Å². The van der Waals surface area contributed by atoms with Crippen LogP contribution in [0.25, 0.3) is 0 Å². The molecular weight excluding hydrogens is 344 g/mol. The van der Waals surface area contributed by atoms with Gasteiger partial charge in [-0.1, -0.05) is 30.3 Å². The van der Waals surface area contributed by atoms with Gasteiger partial charge in [0.05, 0.1) is 18.1 Å². The molecule has 2 aromatic carbocycles. The number of nitrogens with one attached hydrogen (secondary N) is 1. The van der Waals surface area contributed by atoms with Crippen molar-refractivity contribution in [1.29, 1.82) is 0 Å². The molecule has 2 atom stereocenters. The lowest BCUT2D eigenvalue weighted by Gasteiger charge is -2.16. The van der Waals surface area contributed by atoms with Gasteiger partial charge in [-0.2, -0.15) is 0 Å². The molecule has 2 aromatic rings. The monoisotopic (exact) mass is 366 g/mol. The number of rotatable bonds is 5. The molecule has 0 aliphatic carbocycles. The first kappa shape index (κ1) is 17.7. The van der Waals surface area contributed by atoms with Crippen molar-refractivity contribution in [1.82, 2.24) is 4.90 Å². The van der Waals surface area contributed by atoms with Crippen molar-refractivity contribution in [2.24, 2.45) is 0 Å². The summed E-state index contributed by atoms with van der Waals surface area (Å²) in [6, 6.07) is 14.9. The number of hydrogen-bond acceptors (Lipinski definition) is 5. The third kappa shape index (κ3) is 4.02. The summed E-state index contributed by atoms with van der Waals surface area (Å²) in [5.41, 5.74) is 3.10. The smallest absolute Gasteiger partial charge is 0.339 e. The third-order valence-corrected chi connectivity index (χ3v) is 5.01. The van der Waals surface area contributed by atoms with Crippen LogP contribution in [0.2, 0.25) is 0 Å². The van der Waals surface area contributed by atoms with E-state index < -0.39 is 6.10 Å². The summed E-state index contributed by atoms with van der Waals surface area (Å²) in [6.07, 6.45) is 0.108. The highest BCUT2D eigenvalue weighted by atomic mass is 16.5. The zero-order chi connectivity index (χ0) is 18.8. The number of benzene rings is 2. The Morgan fingerprint density at radius 1 is 1.22 bits per heavy atom. The SMILES string of the molecule is O=C(CC1OC(=O)c2ccccc21)Nc1cccc(CN2CCC(O)C2)c1. The van der Waals surface area contributed by atoms with Gasteiger partial charge in [-0.05, 0) is 30.2 Å². The minimum atomic E-state index is -0.539. The maximum atomic E-state index is 12.4. The molecule has 0 aromatic heterocycles. The average Bonchev–Trinajstić information content (AvgIpc) is 3.19. The van der Waals surface area contributed by atoms with Gasteiger partial charge in [0.15, 0.2) is 0 Å². The van der Waals surface area contributed by atoms with Crippen LogP contribution in [0, 0.1) is 0 Å². The van der Waals surface area contributed by atoms with Crippen molar-refractivity contribution in [3.8, 4) is 0 Å². The Morgan fingerprint density at radius 2 is 2.07 bits per heavy atom. The Kier molecular flexibility index (Phi) is 4.92. The predicted molar refractivity (Wildman–Crippen MR) is 100 cm³/mol. The quantitative estimate of drug-likeness (QED) is 0.795. The Morgan fingerprint density at radius 3 is 2.89 bits per heavy atom. The molecular formula is C21H22N2O4. The van der Waals surface area contributed by atoms with E-state index in [0.717, 1.165) is 36.3 Å². The Hall–Kier alpha value is -2.70. The van der Waals surface area contributed by atoms with Crippen molar-refractivity contribution >= 4 is 17.6 Å². The summed E-state index contributed by atoms with van der Waals surface area (Å²) in [7, 11) is 0. The number of amides is 1. The van der Waals surface area contributed by atoms with Gasteiger partial charge in [-0.15, -0.1) is 0 Å². The van der Waals surface area contributed by atoms with Crippen LogP contribution in [0.1, 0.15) is 40.4 Å². The lowest BCUT2D eigenvalue weighted by Crippen LogP contribution is -2.21. The van der Waals surface area contributed by atoms with Crippen LogP contribution in [0.15, 0.2) is 48.5 Å². The van der Waals surface area contributed by atoms with E-state index in [9.17, 15) is 14.7 Å². The first-order valence-electron chi connectivity index (χ1n) is 9.17. The number of ether oxygens (including phenoxy) is 1. The zero-order valence-corrected chi connectivity index (χ0v) is 14.9. The number of fused-ring (bicyclic) bond motifs is 1. The molecule has 0 spiro atoms. The molecule has 4 rings (SSSR count). The van der Waals surface area contributed by atoms with Crippen LogP contribution in [0.5, 0.6) is 0 Å². The predicted octanol–water partition coefficient (Wildman–Crippen LogP) is 2.49. The van der Waals surface area contributed by atoms with Gasteiger partial charge in [0.1, 0.15) is 6.10 Å². The van der Waals surface area contributed by atoms with E-state index in [4.69, 9.17) is 4.74 Å². The van der Waals surface area contributed by atoms with Gasteiger partial charge < -0.3 is 15.2 Å². The van der Waals surface area contributed by atoms with Crippen LogP contribution in [-0.2, 0) is 16.1 Å². The molecule has 1 saturated heterocycles. The molecule has 1 fully saturated rings. The molecule has 2 unspecified atom stereocenters. The Labute approximate surface area is 157 Å². The summed E-state index contributed by atoms with van der Waals surface area (Å²) in [6.45, 7) is 2.31. The van der Waals surface area contributed by atoms with Crippen LogP contribution in [-0.4, -0.2) is 41.1 Å². The normalized spacial score (nSPS) is 21.7. The highest BCUT2D eigenvalue weighted by Gasteiger charge is 2.32. The number of likely N-dealkylation sites (tertiary alicyclic amines) is 1. The van der Waals surface area contributed by atoms with Crippen molar-refractivity contribution in [2.75, 3.05) is 18.4 Å². The highest BCUT2D eigenvalue weighted by Crippen LogP contribution is 2.33. The maximum Gasteiger partial charge on any atom is 0.339 e. The number of esters is 1. The molecule has 2 aliphatic rings. The number of cyclic esters (lactones) is 1. The minimum Gasteiger partial charge on any atom is -0.453 e. The molecule has 0 saturated carbocycles. The lowest BCUT2D eigenvalue weighted by atomic mass is 10.0. The summed E-state index contributed by atoms with van der Waals surface area (Å²) < 4.78 is 5.33. The fraction of sp³-hybridized carbons (Fsp3) is 0.333. The van der Waals surface area contributed by atoms with Gasteiger partial charge in [-0.3, -0.25) is 9.69 Å². The van der Waals surface area contributed by atoms with Gasteiger partial charge in [0.2, 0.25) is 5.91 Å². The number of aliphatic hydroxyl groups is 1. The molecule has 1 amide bonds. The Balaban J connectivity index is 1.37. The van der Waals surface area contributed by atoms with Gasteiger partial charge in [0.25, 0.3) is 0 Å². The van der Waals surface area contributed by atoms with E-state index in [2.05, 4.69) is 10.2 Å². The van der Waals surface area contributed by atoms with Gasteiger partial charge >= 0.3 is 5.97 Å². The molecule has 0 radical (unpaired) electrons. The molecule has 27 heavy (non-hydrogen) atoms. The van der Waals surface area contributed by atoms with E-state index >= 15 is 0 Å². The molecule has 6 heteroatoms. The summed E-state index contributed by atoms with van der Waals surface area (Å²) in [5.74, 6) is -0.573. The first-order valence-corrected chi connectivity index (χ1v) is 9.17. The number of nitrogens with zero attached hydrogens (tertiary/aromatic N) is 1. The van der Waals surface area contributed by atoms with E-state index in [1.165, 1.54) is 0 Å². The largest absolute Gasteiger partial charge is 0.453 e. The second kappa shape index (κ2) is 7.50. The Bertz CT molecular complexity index is 867. The third-order valence-electron chi connectivity index (χ3n) is 5.01. The van der Waals surface area contributed by atoms with E-state index in [0.29, 0.717) is 12.1 Å². The first-order chi connectivity index (χ1) is 13.1. The van der Waals surface area contributed by atoms with Gasteiger partial charge in [0, 0.05) is 30.9 Å². The molecule has 2 N–H and O–H groups in total. The number of carbonyl (C=O) groups excluding carboxylic acids is 2. The van der Waals surface area contributed by atoms with E-state index in [1.54, 1.807) is 12.1 Å². The van der Waals surface area contributed by atoms with Crippen molar-refractivity contribution in [3.05, 3.63) is 65.2 Å². The molecule has 2 heterocycles. The zero-order valence-electron chi connectivity index (χ0n) is 14.9. The highest BCUT2D eigenvalue weighted by molar-refractivity contribution is 5.96. The topological polar surface area (TPSA) is 78.9 Å². The lowest BCUT2D eigenvalue weighted by molar-refractivity contribution is -0.118. The second-order valence-electron chi connectivity index (χ2n) is 7.11. The second-order valence-corrected chi connectivity index (χ2v) is 7.11. The average molecular weight is 366 g/mol. The standard InChI is InChI=1S/C21H22N2O4/c24-16-8-9-23(13-16)12-14-4-3-5-15(10-14)22-20(25)11-19-17-6-1-2-7-18(17)21(26)27-19/h1-7,10,16,19,24H,8-9,11-13H2,(H,22,25). The summed E-state index contributed by atoms with van der Waals surface area (Å²) >= 11 is 0. The molecule has 140 valence electrons. The summed E-state index contributed by atoms with van der Waals surface area (Å²) in [4.78, 5) is 26.5. The molecule has 6 nitrogen and oxygen atoms in total. The van der Waals surface area contributed by atoms with Crippen LogP contribution in [0.4, 0.5) is 5.69 Å². The van der Waals surface area contributed by atoms with E-state index in [-0.39, 0.29) is 24.4 Å². The van der Waals surface area contributed by atoms with Crippen molar-refractivity contribution in [3.63, 3.8) is 0 Å². The van der Waals surface area contributed by atoms with Crippen molar-refractivity contribution in [2.45, 2.75) is 31.6 Å². The molecule has 2 aliphatic heterocycles. The fourth-order valence-electron chi connectivity index (χ4n) is 3.71. The number of hydrogen-bond donors (Lipinski definition) is 2. The molecule has 0 bridgehead atoms. The minimum absolute atomic E-state index is 0.0886. The number of carbonyl (C=O) groups is 2. The number of aliphatic hydroxyl groups excluding tert-OH is 1. The summed E-state index contributed by atoms with van der Waals surface area (Å²) in [5, 5.41) is 12.5. The maximum absolute atomic E-state index is 12.4.